The molecular weight excluding hydrogens is 416 g/mol. The Morgan fingerprint density at radius 1 is 1.12 bits per heavy atom. The maximum absolute atomic E-state index is 12.8. The molecule has 2 aromatic rings. The molecule has 2 aliphatic heterocycles. The number of rotatable bonds is 5. The summed E-state index contributed by atoms with van der Waals surface area (Å²) in [5.74, 6) is 3.35. The first kappa shape index (κ1) is 20.1. The van der Waals surface area contributed by atoms with Gasteiger partial charge in [0.25, 0.3) is 0 Å². The second-order valence-electron chi connectivity index (χ2n) is 9.58. The predicted molar refractivity (Wildman–Crippen MR) is 115 cm³/mol. The monoisotopic (exact) mass is 443 g/mol. The van der Waals surface area contributed by atoms with E-state index in [1.807, 2.05) is 6.07 Å². The molecule has 0 amide bonds. The van der Waals surface area contributed by atoms with Crippen molar-refractivity contribution in [2.75, 3.05) is 23.8 Å². The lowest BCUT2D eigenvalue weighted by Crippen LogP contribution is -2.37. The van der Waals surface area contributed by atoms with Crippen LogP contribution in [0.2, 0.25) is 0 Å². The van der Waals surface area contributed by atoms with Gasteiger partial charge in [-0.2, -0.15) is 8.78 Å². The summed E-state index contributed by atoms with van der Waals surface area (Å²) in [5.41, 5.74) is 7.01. The standard InChI is InChI=1S/C23H27F2N5O2/c24-23(25)32-19-6-14(9-27-21(19)26)18-8-20(30-10-16-7-15(30)11-31-16)29-22(28-18)17-4-2-12-1-3-13(17)5-12/h6,8-9,12-13,15-17,23H,1-5,7,10-11H2,(H2,26,27)/t12?,13?,15-,16-,17?/m0/s1. The molecular formula is C23H27F2N5O2. The van der Waals surface area contributed by atoms with Crippen LogP contribution in [-0.4, -0.2) is 46.9 Å². The van der Waals surface area contributed by atoms with Gasteiger partial charge in [0.1, 0.15) is 11.6 Å². The van der Waals surface area contributed by atoms with Crippen LogP contribution < -0.4 is 15.4 Å². The largest absolute Gasteiger partial charge is 0.431 e. The van der Waals surface area contributed by atoms with E-state index in [0.717, 1.165) is 36.9 Å². The molecule has 0 aromatic carbocycles. The molecule has 4 fully saturated rings. The van der Waals surface area contributed by atoms with Crippen LogP contribution in [0.1, 0.15) is 50.3 Å². The molecule has 2 aliphatic carbocycles. The summed E-state index contributed by atoms with van der Waals surface area (Å²) in [5, 5.41) is 0. The van der Waals surface area contributed by atoms with Gasteiger partial charge in [-0.15, -0.1) is 0 Å². The Hall–Kier alpha value is -2.55. The maximum Gasteiger partial charge on any atom is 0.387 e. The summed E-state index contributed by atoms with van der Waals surface area (Å²) in [6, 6.07) is 3.75. The van der Waals surface area contributed by atoms with Crippen molar-refractivity contribution >= 4 is 11.6 Å². The molecule has 2 aromatic heterocycles. The average Bonchev–Trinajstić information content (AvgIpc) is 3.51. The molecule has 4 heterocycles. The third-order valence-electron chi connectivity index (χ3n) is 7.69. The molecule has 2 N–H and O–H groups in total. The Morgan fingerprint density at radius 2 is 2.00 bits per heavy atom. The number of fused-ring (bicyclic) bond motifs is 4. The number of nitrogens with zero attached hydrogens (tertiary/aromatic N) is 4. The molecule has 0 spiro atoms. The Balaban J connectivity index is 1.41. The molecule has 4 bridgehead atoms. The minimum Gasteiger partial charge on any atom is -0.431 e. The number of pyridine rings is 1. The third kappa shape index (κ3) is 3.56. The minimum absolute atomic E-state index is 0.0677. The molecule has 6 rings (SSSR count). The maximum atomic E-state index is 12.8. The van der Waals surface area contributed by atoms with Crippen LogP contribution in [0.4, 0.5) is 20.4 Å². The number of halogens is 2. The highest BCUT2D eigenvalue weighted by Crippen LogP contribution is 2.49. The van der Waals surface area contributed by atoms with E-state index in [-0.39, 0.29) is 17.7 Å². The van der Waals surface area contributed by atoms with Gasteiger partial charge in [0.15, 0.2) is 11.6 Å². The van der Waals surface area contributed by atoms with Crippen molar-refractivity contribution in [2.24, 2.45) is 11.8 Å². The normalized spacial score (nSPS) is 31.0. The topological polar surface area (TPSA) is 86.4 Å². The van der Waals surface area contributed by atoms with E-state index in [0.29, 0.717) is 35.7 Å². The highest BCUT2D eigenvalue weighted by atomic mass is 19.3. The average molecular weight is 443 g/mol. The highest BCUT2D eigenvalue weighted by Gasteiger charge is 2.41. The van der Waals surface area contributed by atoms with E-state index < -0.39 is 6.61 Å². The summed E-state index contributed by atoms with van der Waals surface area (Å²) >= 11 is 0. The first-order valence-electron chi connectivity index (χ1n) is 11.5. The van der Waals surface area contributed by atoms with E-state index in [4.69, 9.17) is 20.4 Å². The molecule has 5 atom stereocenters. The van der Waals surface area contributed by atoms with Crippen LogP contribution in [0.5, 0.6) is 5.75 Å². The van der Waals surface area contributed by atoms with Crippen molar-refractivity contribution in [3.63, 3.8) is 0 Å². The van der Waals surface area contributed by atoms with Crippen molar-refractivity contribution in [2.45, 2.75) is 63.2 Å². The molecule has 170 valence electrons. The second-order valence-corrected chi connectivity index (χ2v) is 9.58. The van der Waals surface area contributed by atoms with Crippen LogP contribution in [0.3, 0.4) is 0 Å². The second kappa shape index (κ2) is 7.79. The van der Waals surface area contributed by atoms with Crippen molar-refractivity contribution in [3.05, 3.63) is 24.2 Å². The molecule has 2 saturated heterocycles. The Morgan fingerprint density at radius 3 is 2.78 bits per heavy atom. The van der Waals surface area contributed by atoms with Gasteiger partial charge in [-0.3, -0.25) is 0 Å². The number of hydrogen-bond acceptors (Lipinski definition) is 7. The van der Waals surface area contributed by atoms with Gasteiger partial charge in [-0.05, 0) is 50.0 Å². The number of anilines is 2. The smallest absolute Gasteiger partial charge is 0.387 e. The number of ether oxygens (including phenoxy) is 2. The first-order chi connectivity index (χ1) is 15.5. The lowest BCUT2D eigenvalue weighted by molar-refractivity contribution is -0.0494. The van der Waals surface area contributed by atoms with Crippen molar-refractivity contribution in [3.8, 4) is 17.0 Å². The quantitative estimate of drug-likeness (QED) is 0.748. The number of nitrogens with two attached hydrogens (primary N) is 1. The fourth-order valence-electron chi connectivity index (χ4n) is 6.11. The molecule has 9 heteroatoms. The molecule has 4 aliphatic rings. The van der Waals surface area contributed by atoms with E-state index in [1.54, 1.807) is 6.20 Å². The van der Waals surface area contributed by atoms with Crippen LogP contribution in [0.15, 0.2) is 18.3 Å². The van der Waals surface area contributed by atoms with E-state index in [2.05, 4.69) is 14.6 Å². The number of nitrogen functional groups attached to an aromatic ring is 1. The van der Waals surface area contributed by atoms with Gasteiger partial charge in [-0.25, -0.2) is 15.0 Å². The molecule has 2 saturated carbocycles. The number of hydrogen-bond donors (Lipinski definition) is 1. The van der Waals surface area contributed by atoms with Crippen molar-refractivity contribution < 1.29 is 18.3 Å². The summed E-state index contributed by atoms with van der Waals surface area (Å²) in [4.78, 5) is 16.4. The Labute approximate surface area is 185 Å². The van der Waals surface area contributed by atoms with Crippen LogP contribution in [0, 0.1) is 11.8 Å². The van der Waals surface area contributed by atoms with Gasteiger partial charge in [0.05, 0.1) is 24.4 Å². The van der Waals surface area contributed by atoms with Crippen molar-refractivity contribution in [1.82, 2.24) is 15.0 Å². The van der Waals surface area contributed by atoms with Crippen LogP contribution in [-0.2, 0) is 4.74 Å². The van der Waals surface area contributed by atoms with Gasteiger partial charge < -0.3 is 20.1 Å². The van der Waals surface area contributed by atoms with E-state index >= 15 is 0 Å². The molecule has 32 heavy (non-hydrogen) atoms. The summed E-state index contributed by atoms with van der Waals surface area (Å²) in [7, 11) is 0. The third-order valence-corrected chi connectivity index (χ3v) is 7.69. The number of alkyl halides is 2. The number of morpholine rings is 1. The molecule has 7 nitrogen and oxygen atoms in total. The van der Waals surface area contributed by atoms with Gasteiger partial charge in [-0.1, -0.05) is 6.42 Å². The molecule has 3 unspecified atom stereocenters. The highest BCUT2D eigenvalue weighted by molar-refractivity contribution is 5.67. The van der Waals surface area contributed by atoms with Gasteiger partial charge in [0, 0.05) is 30.3 Å². The lowest BCUT2D eigenvalue weighted by Gasteiger charge is -2.31. The summed E-state index contributed by atoms with van der Waals surface area (Å²) in [6.07, 6.45) is 8.94. The fourth-order valence-corrected chi connectivity index (χ4v) is 6.11. The zero-order valence-corrected chi connectivity index (χ0v) is 17.8. The molecule has 0 radical (unpaired) electrons. The number of aromatic nitrogens is 3. The van der Waals surface area contributed by atoms with E-state index in [9.17, 15) is 8.78 Å². The van der Waals surface area contributed by atoms with Crippen molar-refractivity contribution in [1.29, 1.82) is 0 Å². The van der Waals surface area contributed by atoms with Crippen LogP contribution >= 0.6 is 0 Å². The Bertz CT molecular complexity index is 1020. The fraction of sp³-hybridized carbons (Fsp3) is 0.609. The SMILES string of the molecule is Nc1ncc(-c2cc(N3C[C@@H]4C[C@H]3CO4)nc(C3CCC4CCC3C4)n2)cc1OC(F)F. The van der Waals surface area contributed by atoms with Gasteiger partial charge >= 0.3 is 6.61 Å². The lowest BCUT2D eigenvalue weighted by atomic mass is 9.79. The van der Waals surface area contributed by atoms with Crippen LogP contribution in [0.25, 0.3) is 11.3 Å². The van der Waals surface area contributed by atoms with E-state index in [1.165, 1.54) is 31.7 Å². The van der Waals surface area contributed by atoms with Gasteiger partial charge in [0.2, 0.25) is 0 Å². The zero-order chi connectivity index (χ0) is 21.8. The predicted octanol–water partition coefficient (Wildman–Crippen LogP) is 3.99. The zero-order valence-electron chi connectivity index (χ0n) is 17.8. The first-order valence-corrected chi connectivity index (χ1v) is 11.5. The summed E-state index contributed by atoms with van der Waals surface area (Å²) < 4.78 is 36.0. The summed E-state index contributed by atoms with van der Waals surface area (Å²) in [6.45, 7) is -1.44. The minimum atomic E-state index is -2.97. The Kier molecular flexibility index (Phi) is 4.89.